The van der Waals surface area contributed by atoms with Gasteiger partial charge >= 0.3 is 5.97 Å². The molecule has 0 saturated heterocycles. The van der Waals surface area contributed by atoms with Gasteiger partial charge in [0, 0.05) is 6.42 Å². The van der Waals surface area contributed by atoms with E-state index in [0.29, 0.717) is 12.8 Å². The molecule has 0 saturated carbocycles. The van der Waals surface area contributed by atoms with Crippen LogP contribution in [-0.2, 0) is 4.79 Å². The van der Waals surface area contributed by atoms with Gasteiger partial charge in [0.1, 0.15) is 0 Å². The van der Waals surface area contributed by atoms with Crippen LogP contribution < -0.4 is 0 Å². The summed E-state index contributed by atoms with van der Waals surface area (Å²) in [5, 5.41) is 18.3. The highest BCUT2D eigenvalue weighted by molar-refractivity contribution is 5.66. The Morgan fingerprint density at radius 1 is 0.840 bits per heavy atom. The monoisotopic (exact) mass is 344 g/mol. The number of hydrogen-bond donors (Lipinski definition) is 2. The second kappa shape index (κ2) is 18.2. The molecule has 2 N–H and O–H groups in total. The zero-order valence-electron chi connectivity index (χ0n) is 15.3. The van der Waals surface area contributed by atoms with Crippen LogP contribution in [0.2, 0.25) is 0 Å². The molecule has 0 fully saturated rings. The van der Waals surface area contributed by atoms with Crippen molar-refractivity contribution in [2.75, 3.05) is 0 Å². The number of rotatable bonds is 14. The maximum absolute atomic E-state index is 10.3. The van der Waals surface area contributed by atoms with Crippen LogP contribution in [0.1, 0.15) is 51.9 Å². The SMILES string of the molecule is CC/C=C\C/C=C\C=C\C(O)C/C=C\C/C=C\C/C=C\CCC(=O)O. The summed E-state index contributed by atoms with van der Waals surface area (Å²) < 4.78 is 0. The number of aliphatic hydroxyl groups is 1. The summed E-state index contributed by atoms with van der Waals surface area (Å²) in [6.07, 6.45) is 28.5. The summed E-state index contributed by atoms with van der Waals surface area (Å²) in [4.78, 5) is 10.3. The van der Waals surface area contributed by atoms with Crippen LogP contribution in [0.25, 0.3) is 0 Å². The molecule has 0 aromatic heterocycles. The Morgan fingerprint density at radius 3 is 2.12 bits per heavy atom. The highest BCUT2D eigenvalue weighted by Gasteiger charge is 1.92. The van der Waals surface area contributed by atoms with Gasteiger partial charge in [0.2, 0.25) is 0 Å². The third-order valence-corrected chi connectivity index (χ3v) is 3.20. The zero-order chi connectivity index (χ0) is 18.6. The first-order valence-corrected chi connectivity index (χ1v) is 9.00. The highest BCUT2D eigenvalue weighted by Crippen LogP contribution is 1.99. The lowest BCUT2D eigenvalue weighted by molar-refractivity contribution is -0.136. The van der Waals surface area contributed by atoms with Gasteiger partial charge in [-0.3, -0.25) is 4.79 Å². The largest absolute Gasteiger partial charge is 0.481 e. The van der Waals surface area contributed by atoms with Crippen molar-refractivity contribution in [3.05, 3.63) is 72.9 Å². The molecule has 0 amide bonds. The number of carboxylic acids is 1. The van der Waals surface area contributed by atoms with Gasteiger partial charge in [0.25, 0.3) is 0 Å². The van der Waals surface area contributed by atoms with E-state index in [1.54, 1.807) is 6.08 Å². The lowest BCUT2D eigenvalue weighted by Gasteiger charge is -1.98. The van der Waals surface area contributed by atoms with Crippen LogP contribution >= 0.6 is 0 Å². The lowest BCUT2D eigenvalue weighted by atomic mass is 10.2. The quantitative estimate of drug-likeness (QED) is 0.322. The standard InChI is InChI=1S/C22H32O3/c1-2-3-4-5-9-12-15-18-21(23)19-16-13-10-7-6-8-11-14-17-20-22(24)25/h3-4,6-7,9,11-16,18,21,23H,2,5,8,10,17,19-20H2,1H3,(H,24,25)/b4-3-,7-6-,12-9-,14-11-,16-13-,18-15+. The van der Waals surface area contributed by atoms with Crippen LogP contribution in [0, 0.1) is 0 Å². The molecule has 0 bridgehead atoms. The predicted molar refractivity (Wildman–Crippen MR) is 106 cm³/mol. The van der Waals surface area contributed by atoms with Crippen LogP contribution in [0.3, 0.4) is 0 Å². The van der Waals surface area contributed by atoms with Crippen LogP contribution in [-0.4, -0.2) is 22.3 Å². The molecule has 3 heteroatoms. The Kier molecular flexibility index (Phi) is 16.7. The number of carboxylic acid groups (broad SMARTS) is 1. The molecule has 25 heavy (non-hydrogen) atoms. The minimum Gasteiger partial charge on any atom is -0.481 e. The molecule has 1 unspecified atom stereocenters. The average molecular weight is 344 g/mol. The molecule has 0 heterocycles. The average Bonchev–Trinajstić information content (AvgIpc) is 2.58. The van der Waals surface area contributed by atoms with Crippen LogP contribution in [0.4, 0.5) is 0 Å². The van der Waals surface area contributed by atoms with E-state index < -0.39 is 12.1 Å². The molecule has 0 spiro atoms. The van der Waals surface area contributed by atoms with Crippen LogP contribution in [0.5, 0.6) is 0 Å². The first-order valence-electron chi connectivity index (χ1n) is 9.00. The van der Waals surface area contributed by atoms with Crippen molar-refractivity contribution in [3.63, 3.8) is 0 Å². The van der Waals surface area contributed by atoms with Gasteiger partial charge in [0.05, 0.1) is 6.10 Å². The van der Waals surface area contributed by atoms with Crippen molar-refractivity contribution in [2.45, 2.75) is 58.0 Å². The first kappa shape index (κ1) is 22.9. The van der Waals surface area contributed by atoms with Gasteiger partial charge in [-0.15, -0.1) is 0 Å². The topological polar surface area (TPSA) is 57.5 Å². The Bertz CT molecular complexity index is 493. The van der Waals surface area contributed by atoms with E-state index in [9.17, 15) is 9.90 Å². The smallest absolute Gasteiger partial charge is 0.303 e. The fourth-order valence-electron chi connectivity index (χ4n) is 1.87. The summed E-state index contributed by atoms with van der Waals surface area (Å²) in [6.45, 7) is 2.11. The molecule has 0 aliphatic carbocycles. The molecule has 0 rings (SSSR count). The maximum Gasteiger partial charge on any atom is 0.303 e. The first-order chi connectivity index (χ1) is 12.2. The van der Waals surface area contributed by atoms with Gasteiger partial charge < -0.3 is 10.2 Å². The molecule has 0 aliphatic heterocycles. The summed E-state index contributed by atoms with van der Waals surface area (Å²) >= 11 is 0. The minimum absolute atomic E-state index is 0.186. The summed E-state index contributed by atoms with van der Waals surface area (Å²) in [6, 6.07) is 0. The maximum atomic E-state index is 10.3. The van der Waals surface area contributed by atoms with Gasteiger partial charge in [-0.25, -0.2) is 0 Å². The Hall–Kier alpha value is -2.13. The highest BCUT2D eigenvalue weighted by atomic mass is 16.4. The van der Waals surface area contributed by atoms with E-state index >= 15 is 0 Å². The summed E-state index contributed by atoms with van der Waals surface area (Å²) in [5.41, 5.74) is 0. The van der Waals surface area contributed by atoms with E-state index in [2.05, 4.69) is 37.3 Å². The van der Waals surface area contributed by atoms with Gasteiger partial charge in [-0.1, -0.05) is 79.8 Å². The van der Waals surface area contributed by atoms with E-state index in [1.807, 2.05) is 36.5 Å². The fourth-order valence-corrected chi connectivity index (χ4v) is 1.87. The number of aliphatic hydroxyl groups excluding tert-OH is 1. The Labute approximate surface area is 152 Å². The molecule has 0 aromatic rings. The molecule has 0 radical (unpaired) electrons. The van der Waals surface area contributed by atoms with Gasteiger partial charge in [0.15, 0.2) is 0 Å². The second-order valence-corrected chi connectivity index (χ2v) is 5.55. The van der Waals surface area contributed by atoms with Crippen molar-refractivity contribution < 1.29 is 15.0 Å². The van der Waals surface area contributed by atoms with Crippen molar-refractivity contribution in [1.82, 2.24) is 0 Å². The van der Waals surface area contributed by atoms with E-state index in [0.717, 1.165) is 25.7 Å². The number of aliphatic carboxylic acids is 1. The minimum atomic E-state index is -0.762. The van der Waals surface area contributed by atoms with Gasteiger partial charge in [-0.2, -0.15) is 0 Å². The third kappa shape index (κ3) is 19.8. The molecular weight excluding hydrogens is 312 g/mol. The van der Waals surface area contributed by atoms with E-state index in [1.165, 1.54) is 0 Å². The Balaban J connectivity index is 3.70. The van der Waals surface area contributed by atoms with Crippen molar-refractivity contribution in [1.29, 1.82) is 0 Å². The van der Waals surface area contributed by atoms with Crippen molar-refractivity contribution in [3.8, 4) is 0 Å². The molecule has 0 aliphatic rings. The summed E-state index contributed by atoms with van der Waals surface area (Å²) in [5.74, 6) is -0.762. The summed E-state index contributed by atoms with van der Waals surface area (Å²) in [7, 11) is 0. The number of hydrogen-bond acceptors (Lipinski definition) is 2. The van der Waals surface area contributed by atoms with Crippen LogP contribution in [0.15, 0.2) is 72.9 Å². The molecular formula is C22H32O3. The predicted octanol–water partition coefficient (Wildman–Crippen LogP) is 5.52. The van der Waals surface area contributed by atoms with E-state index in [-0.39, 0.29) is 6.42 Å². The Morgan fingerprint density at radius 2 is 1.44 bits per heavy atom. The van der Waals surface area contributed by atoms with Gasteiger partial charge in [-0.05, 0) is 38.5 Å². The second-order valence-electron chi connectivity index (χ2n) is 5.55. The molecule has 1 atom stereocenters. The lowest BCUT2D eigenvalue weighted by Crippen LogP contribution is -1.98. The fraction of sp³-hybridized carbons (Fsp3) is 0.409. The normalized spacial score (nSPS) is 14.3. The molecule has 0 aromatic carbocycles. The van der Waals surface area contributed by atoms with E-state index in [4.69, 9.17) is 5.11 Å². The van der Waals surface area contributed by atoms with Crippen molar-refractivity contribution >= 4 is 5.97 Å². The number of carbonyl (C=O) groups is 1. The number of allylic oxidation sites excluding steroid dienone is 10. The molecule has 138 valence electrons. The third-order valence-electron chi connectivity index (χ3n) is 3.20. The van der Waals surface area contributed by atoms with Crippen molar-refractivity contribution in [2.24, 2.45) is 0 Å². The molecule has 3 nitrogen and oxygen atoms in total. The zero-order valence-corrected chi connectivity index (χ0v) is 15.3.